The third-order valence-electron chi connectivity index (χ3n) is 2.05. The quantitative estimate of drug-likeness (QED) is 0.620. The van der Waals surface area contributed by atoms with E-state index in [1.54, 1.807) is 0 Å². The summed E-state index contributed by atoms with van der Waals surface area (Å²) in [4.78, 5) is 9.57. The van der Waals surface area contributed by atoms with E-state index < -0.39 is 30.6 Å². The van der Waals surface area contributed by atoms with E-state index in [-0.39, 0.29) is 5.02 Å². The Bertz CT molecular complexity index is 524. The Labute approximate surface area is 98.1 Å². The average Bonchev–Trinajstić information content (AvgIpc) is 2.16. The molecule has 0 atom stereocenters. The van der Waals surface area contributed by atoms with Crippen LogP contribution in [0.2, 0.25) is 5.02 Å². The van der Waals surface area contributed by atoms with Gasteiger partial charge < -0.3 is 0 Å². The van der Waals surface area contributed by atoms with Gasteiger partial charge in [-0.05, 0) is 19.9 Å². The highest BCUT2D eigenvalue weighted by molar-refractivity contribution is 7.92. The molecule has 0 saturated heterocycles. The molecule has 0 bridgehead atoms. The van der Waals surface area contributed by atoms with Gasteiger partial charge in [0.25, 0.3) is 5.69 Å². The summed E-state index contributed by atoms with van der Waals surface area (Å²) >= 11 is 5.72. The molecule has 0 aliphatic rings. The van der Waals surface area contributed by atoms with Gasteiger partial charge >= 0.3 is 0 Å². The Hall–Kier alpha value is -1.14. The van der Waals surface area contributed by atoms with Crippen molar-refractivity contribution in [1.82, 2.24) is 0 Å². The first-order valence-corrected chi connectivity index (χ1v) is 6.37. The van der Waals surface area contributed by atoms with E-state index in [1.807, 2.05) is 0 Å². The number of halogens is 1. The number of rotatable bonds is 3. The SMILES string of the molecule is CC(C)S(=O)(=O)c1c(Cl)cccc1[N+](=O)[O-]. The zero-order valence-corrected chi connectivity index (χ0v) is 10.2. The fraction of sp³-hybridized carbons (Fsp3) is 0.333. The average molecular weight is 264 g/mol. The number of nitro groups is 1. The summed E-state index contributed by atoms with van der Waals surface area (Å²) in [5, 5.41) is 9.85. The van der Waals surface area contributed by atoms with Crippen LogP contribution in [0.5, 0.6) is 0 Å². The monoisotopic (exact) mass is 263 g/mol. The van der Waals surface area contributed by atoms with Gasteiger partial charge in [0.05, 0.1) is 15.2 Å². The van der Waals surface area contributed by atoms with Crippen LogP contribution in [0.25, 0.3) is 0 Å². The maximum absolute atomic E-state index is 11.9. The highest BCUT2D eigenvalue weighted by Gasteiger charge is 2.30. The van der Waals surface area contributed by atoms with Crippen LogP contribution in [-0.4, -0.2) is 18.6 Å². The van der Waals surface area contributed by atoms with Crippen LogP contribution in [0, 0.1) is 10.1 Å². The third kappa shape index (κ3) is 2.17. The molecule has 0 radical (unpaired) electrons. The number of benzene rings is 1. The van der Waals surface area contributed by atoms with Crippen LogP contribution >= 0.6 is 11.6 Å². The minimum Gasteiger partial charge on any atom is -0.258 e. The van der Waals surface area contributed by atoms with Gasteiger partial charge in [-0.25, -0.2) is 8.42 Å². The first-order valence-electron chi connectivity index (χ1n) is 4.45. The Morgan fingerprint density at radius 3 is 2.38 bits per heavy atom. The summed E-state index contributed by atoms with van der Waals surface area (Å²) in [5.41, 5.74) is -0.485. The predicted octanol–water partition coefficient (Wildman–Crippen LogP) is 2.43. The fourth-order valence-electron chi connectivity index (χ4n) is 1.16. The lowest BCUT2D eigenvalue weighted by Crippen LogP contribution is -2.16. The van der Waals surface area contributed by atoms with E-state index in [2.05, 4.69) is 0 Å². The Morgan fingerprint density at radius 2 is 1.94 bits per heavy atom. The molecule has 0 saturated carbocycles. The van der Waals surface area contributed by atoms with Crippen LogP contribution < -0.4 is 0 Å². The second-order valence-corrected chi connectivity index (χ2v) is 6.29. The molecule has 7 heteroatoms. The van der Waals surface area contributed by atoms with Gasteiger partial charge in [0.1, 0.15) is 0 Å². The van der Waals surface area contributed by atoms with Crippen LogP contribution in [0.1, 0.15) is 13.8 Å². The summed E-state index contributed by atoms with van der Waals surface area (Å²) in [5.74, 6) is 0. The largest absolute Gasteiger partial charge is 0.289 e. The standard InChI is InChI=1S/C9H10ClNO4S/c1-6(2)16(14,15)9-7(10)4-3-5-8(9)11(12)13/h3-6H,1-2H3. The lowest BCUT2D eigenvalue weighted by Gasteiger charge is -2.09. The molecule has 88 valence electrons. The molecule has 0 unspecified atom stereocenters. The molecule has 1 rings (SSSR count). The van der Waals surface area contributed by atoms with Crippen LogP contribution in [0.15, 0.2) is 23.1 Å². The molecule has 0 spiro atoms. The molecule has 0 fully saturated rings. The van der Waals surface area contributed by atoms with Crippen LogP contribution in [0.4, 0.5) is 5.69 Å². The summed E-state index contributed by atoms with van der Waals surface area (Å²) in [7, 11) is -3.76. The van der Waals surface area contributed by atoms with Crippen molar-refractivity contribution >= 4 is 27.1 Å². The first kappa shape index (κ1) is 12.9. The van der Waals surface area contributed by atoms with E-state index in [4.69, 9.17) is 11.6 Å². The molecule has 5 nitrogen and oxygen atoms in total. The minimum atomic E-state index is -3.76. The van der Waals surface area contributed by atoms with Crippen molar-refractivity contribution in [2.45, 2.75) is 24.0 Å². The van der Waals surface area contributed by atoms with Crippen molar-refractivity contribution in [3.05, 3.63) is 33.3 Å². The summed E-state index contributed by atoms with van der Waals surface area (Å²) in [6.07, 6.45) is 0. The van der Waals surface area contributed by atoms with Gasteiger partial charge in [-0.3, -0.25) is 10.1 Å². The van der Waals surface area contributed by atoms with Gasteiger partial charge in [-0.2, -0.15) is 0 Å². The number of sulfone groups is 1. The number of hydrogen-bond donors (Lipinski definition) is 0. The highest BCUT2D eigenvalue weighted by atomic mass is 35.5. The van der Waals surface area contributed by atoms with Crippen molar-refractivity contribution in [1.29, 1.82) is 0 Å². The zero-order valence-electron chi connectivity index (χ0n) is 8.68. The van der Waals surface area contributed by atoms with Crippen molar-refractivity contribution in [2.24, 2.45) is 0 Å². The molecule has 16 heavy (non-hydrogen) atoms. The molecule has 1 aromatic rings. The zero-order chi connectivity index (χ0) is 12.5. The van der Waals surface area contributed by atoms with Gasteiger partial charge in [0.2, 0.25) is 0 Å². The van der Waals surface area contributed by atoms with E-state index in [0.717, 1.165) is 6.07 Å². The summed E-state index contributed by atoms with van der Waals surface area (Å²) in [6.45, 7) is 2.89. The van der Waals surface area contributed by atoms with Gasteiger partial charge in [-0.15, -0.1) is 0 Å². The molecule has 0 amide bonds. The van der Waals surface area contributed by atoms with Crippen molar-refractivity contribution in [3.8, 4) is 0 Å². The predicted molar refractivity (Wildman–Crippen MR) is 60.4 cm³/mol. The van der Waals surface area contributed by atoms with Gasteiger partial charge in [0, 0.05) is 6.07 Å². The molecular formula is C9H10ClNO4S. The van der Waals surface area contributed by atoms with Gasteiger partial charge in [-0.1, -0.05) is 17.7 Å². The molecule has 0 aliphatic heterocycles. The molecule has 0 aromatic heterocycles. The Morgan fingerprint density at radius 1 is 1.38 bits per heavy atom. The van der Waals surface area contributed by atoms with Crippen LogP contribution in [-0.2, 0) is 9.84 Å². The van der Waals surface area contributed by atoms with E-state index in [9.17, 15) is 18.5 Å². The maximum atomic E-state index is 11.9. The summed E-state index contributed by atoms with van der Waals surface area (Å²) in [6, 6.07) is 3.80. The van der Waals surface area contributed by atoms with Crippen LogP contribution in [0.3, 0.4) is 0 Å². The minimum absolute atomic E-state index is 0.122. The maximum Gasteiger partial charge on any atom is 0.289 e. The van der Waals surface area contributed by atoms with Gasteiger partial charge in [0.15, 0.2) is 14.7 Å². The molecule has 1 aromatic carbocycles. The number of hydrogen-bond acceptors (Lipinski definition) is 4. The molecule has 0 heterocycles. The highest BCUT2D eigenvalue weighted by Crippen LogP contribution is 2.33. The smallest absolute Gasteiger partial charge is 0.258 e. The lowest BCUT2D eigenvalue weighted by atomic mass is 10.3. The fourth-order valence-corrected chi connectivity index (χ4v) is 2.90. The van der Waals surface area contributed by atoms with E-state index in [1.165, 1.54) is 26.0 Å². The van der Waals surface area contributed by atoms with E-state index in [0.29, 0.717) is 0 Å². The number of nitrogens with zero attached hydrogens (tertiary/aromatic N) is 1. The van der Waals surface area contributed by atoms with Crippen molar-refractivity contribution < 1.29 is 13.3 Å². The first-order chi connectivity index (χ1) is 7.28. The van der Waals surface area contributed by atoms with Crippen molar-refractivity contribution in [2.75, 3.05) is 0 Å². The van der Waals surface area contributed by atoms with E-state index >= 15 is 0 Å². The topological polar surface area (TPSA) is 77.3 Å². The normalized spacial score (nSPS) is 11.8. The third-order valence-corrected chi connectivity index (χ3v) is 4.71. The van der Waals surface area contributed by atoms with Crippen molar-refractivity contribution in [3.63, 3.8) is 0 Å². The second kappa shape index (κ2) is 4.39. The molecular weight excluding hydrogens is 254 g/mol. The Kier molecular flexibility index (Phi) is 3.54. The lowest BCUT2D eigenvalue weighted by molar-refractivity contribution is -0.387. The molecule has 0 aliphatic carbocycles. The molecule has 0 N–H and O–H groups in total. The second-order valence-electron chi connectivity index (χ2n) is 3.44. The Balaban J connectivity index is 3.62. The summed E-state index contributed by atoms with van der Waals surface area (Å²) < 4.78 is 23.8. The number of nitro benzene ring substituents is 1.